The van der Waals surface area contributed by atoms with Crippen molar-refractivity contribution in [2.24, 2.45) is 0 Å². The van der Waals surface area contributed by atoms with Gasteiger partial charge in [-0.15, -0.1) is 0 Å². The number of anilines is 2. The Kier molecular flexibility index (Phi) is 3.86. The average molecular weight is 315 g/mol. The van der Waals surface area contributed by atoms with Gasteiger partial charge in [0.25, 0.3) is 5.91 Å². The Bertz CT molecular complexity index is 728. The molecule has 3 rings (SSSR count). The second-order valence-corrected chi connectivity index (χ2v) is 5.70. The molecule has 0 bridgehead atoms. The number of amides is 2. The normalized spacial score (nSPS) is 17.9. The molecule has 22 heavy (non-hydrogen) atoms. The molecule has 2 amide bonds. The minimum absolute atomic E-state index is 0.149. The Hall–Kier alpha value is -2.33. The van der Waals surface area contributed by atoms with E-state index in [-0.39, 0.29) is 18.2 Å². The predicted octanol–water partition coefficient (Wildman–Crippen LogP) is 3.39. The highest BCUT2D eigenvalue weighted by Crippen LogP contribution is 2.27. The molecule has 0 saturated carbocycles. The van der Waals surface area contributed by atoms with E-state index in [4.69, 9.17) is 11.6 Å². The Morgan fingerprint density at radius 1 is 1.09 bits per heavy atom. The fourth-order valence-corrected chi connectivity index (χ4v) is 2.69. The van der Waals surface area contributed by atoms with E-state index >= 15 is 0 Å². The highest BCUT2D eigenvalue weighted by atomic mass is 35.5. The van der Waals surface area contributed by atoms with E-state index in [1.165, 1.54) is 4.90 Å². The number of aryl methyl sites for hydroxylation is 1. The molecular formula is C17H15ClN2O2. The van der Waals surface area contributed by atoms with Gasteiger partial charge < -0.3 is 5.32 Å². The average Bonchev–Trinajstić information content (AvgIpc) is 2.77. The number of benzene rings is 2. The molecule has 112 valence electrons. The summed E-state index contributed by atoms with van der Waals surface area (Å²) >= 11 is 5.84. The van der Waals surface area contributed by atoms with Gasteiger partial charge in [-0.1, -0.05) is 29.8 Å². The van der Waals surface area contributed by atoms with Crippen LogP contribution < -0.4 is 10.2 Å². The van der Waals surface area contributed by atoms with Gasteiger partial charge in [-0.05, 0) is 42.8 Å². The number of carbonyl (C=O) groups excluding carboxylic acids is 2. The van der Waals surface area contributed by atoms with Crippen molar-refractivity contribution in [1.29, 1.82) is 0 Å². The first-order valence-corrected chi connectivity index (χ1v) is 7.38. The van der Waals surface area contributed by atoms with Crippen LogP contribution in [0.25, 0.3) is 0 Å². The molecule has 1 atom stereocenters. The molecule has 5 heteroatoms. The van der Waals surface area contributed by atoms with Gasteiger partial charge in [-0.3, -0.25) is 9.59 Å². The van der Waals surface area contributed by atoms with Gasteiger partial charge in [0.15, 0.2) is 0 Å². The van der Waals surface area contributed by atoms with Gasteiger partial charge in [0.05, 0.1) is 12.1 Å². The van der Waals surface area contributed by atoms with Crippen molar-refractivity contribution in [2.75, 3.05) is 10.2 Å². The molecule has 2 aromatic carbocycles. The number of imide groups is 1. The van der Waals surface area contributed by atoms with Gasteiger partial charge in [0.1, 0.15) is 6.04 Å². The molecule has 2 aromatic rings. The monoisotopic (exact) mass is 314 g/mol. The van der Waals surface area contributed by atoms with E-state index in [0.29, 0.717) is 10.7 Å². The fraction of sp³-hybridized carbons (Fsp3) is 0.176. The Balaban J connectivity index is 1.82. The third-order valence-corrected chi connectivity index (χ3v) is 3.94. The van der Waals surface area contributed by atoms with Crippen molar-refractivity contribution >= 4 is 34.8 Å². The number of nitrogens with one attached hydrogen (secondary N) is 1. The summed E-state index contributed by atoms with van der Waals surface area (Å²) in [5, 5.41) is 3.72. The second kappa shape index (κ2) is 5.81. The van der Waals surface area contributed by atoms with E-state index < -0.39 is 6.04 Å². The van der Waals surface area contributed by atoms with Gasteiger partial charge >= 0.3 is 0 Å². The standard InChI is InChI=1S/C17H15ClN2O2/c1-11-4-2-3-5-15(11)20-16(21)10-14(17(20)22)19-13-8-6-12(18)7-9-13/h2-9,14,19H,10H2,1H3/t14-/m1/s1. The minimum Gasteiger partial charge on any atom is -0.373 e. The topological polar surface area (TPSA) is 49.4 Å². The maximum atomic E-state index is 12.6. The number of hydrogen-bond acceptors (Lipinski definition) is 3. The maximum absolute atomic E-state index is 12.6. The summed E-state index contributed by atoms with van der Waals surface area (Å²) in [5.74, 6) is -0.417. The molecule has 0 radical (unpaired) electrons. The largest absolute Gasteiger partial charge is 0.373 e. The second-order valence-electron chi connectivity index (χ2n) is 5.26. The van der Waals surface area contributed by atoms with Crippen molar-refractivity contribution in [3.8, 4) is 0 Å². The highest BCUT2D eigenvalue weighted by molar-refractivity contribution is 6.30. The number of halogens is 1. The summed E-state index contributed by atoms with van der Waals surface area (Å²) in [5.41, 5.74) is 2.32. The van der Waals surface area contributed by atoms with E-state index in [1.54, 1.807) is 30.3 Å². The van der Waals surface area contributed by atoms with Gasteiger partial charge in [-0.2, -0.15) is 0 Å². The molecule has 0 unspecified atom stereocenters. The smallest absolute Gasteiger partial charge is 0.256 e. The minimum atomic E-state index is -0.548. The van der Waals surface area contributed by atoms with Crippen LogP contribution in [-0.4, -0.2) is 17.9 Å². The first-order valence-electron chi connectivity index (χ1n) is 7.01. The number of rotatable bonds is 3. The van der Waals surface area contributed by atoms with Gasteiger partial charge in [-0.25, -0.2) is 4.90 Å². The number of nitrogens with zero attached hydrogens (tertiary/aromatic N) is 1. The molecule has 1 N–H and O–H groups in total. The summed E-state index contributed by atoms with van der Waals surface area (Å²) in [7, 11) is 0. The van der Waals surface area contributed by atoms with Crippen LogP contribution in [-0.2, 0) is 9.59 Å². The lowest BCUT2D eigenvalue weighted by Crippen LogP contribution is -2.35. The molecule has 1 saturated heterocycles. The third kappa shape index (κ3) is 2.70. The molecular weight excluding hydrogens is 300 g/mol. The lowest BCUT2D eigenvalue weighted by Gasteiger charge is -2.18. The summed E-state index contributed by atoms with van der Waals surface area (Å²) in [6.07, 6.45) is 0.149. The molecule has 0 spiro atoms. The van der Waals surface area contributed by atoms with Crippen LogP contribution >= 0.6 is 11.6 Å². The van der Waals surface area contributed by atoms with Crippen LogP contribution in [0.5, 0.6) is 0 Å². The first-order chi connectivity index (χ1) is 10.6. The van der Waals surface area contributed by atoms with Crippen LogP contribution in [0, 0.1) is 6.92 Å². The fourth-order valence-electron chi connectivity index (χ4n) is 2.56. The lowest BCUT2D eigenvalue weighted by atomic mass is 10.2. The molecule has 1 fully saturated rings. The summed E-state index contributed by atoms with van der Waals surface area (Å²) in [6.45, 7) is 1.88. The van der Waals surface area contributed by atoms with Crippen molar-refractivity contribution in [3.05, 3.63) is 59.1 Å². The Morgan fingerprint density at radius 3 is 2.45 bits per heavy atom. The quantitative estimate of drug-likeness (QED) is 0.883. The van der Waals surface area contributed by atoms with Crippen LogP contribution in [0.1, 0.15) is 12.0 Å². The SMILES string of the molecule is Cc1ccccc1N1C(=O)C[C@@H](Nc2ccc(Cl)cc2)C1=O. The van der Waals surface area contributed by atoms with Crippen molar-refractivity contribution in [1.82, 2.24) is 0 Å². The molecule has 1 aliphatic rings. The zero-order chi connectivity index (χ0) is 15.7. The van der Waals surface area contributed by atoms with Gasteiger partial charge in [0.2, 0.25) is 5.91 Å². The highest BCUT2D eigenvalue weighted by Gasteiger charge is 2.39. The van der Waals surface area contributed by atoms with E-state index in [1.807, 2.05) is 25.1 Å². The predicted molar refractivity (Wildman–Crippen MR) is 87.2 cm³/mol. The maximum Gasteiger partial charge on any atom is 0.256 e. The van der Waals surface area contributed by atoms with E-state index in [0.717, 1.165) is 11.3 Å². The van der Waals surface area contributed by atoms with E-state index in [2.05, 4.69) is 5.32 Å². The number of hydrogen-bond donors (Lipinski definition) is 1. The van der Waals surface area contributed by atoms with Crippen LogP contribution in [0.3, 0.4) is 0 Å². The lowest BCUT2D eigenvalue weighted by molar-refractivity contribution is -0.121. The molecule has 4 nitrogen and oxygen atoms in total. The van der Waals surface area contributed by atoms with Crippen LogP contribution in [0.4, 0.5) is 11.4 Å². The van der Waals surface area contributed by atoms with E-state index in [9.17, 15) is 9.59 Å². The zero-order valence-electron chi connectivity index (χ0n) is 12.0. The van der Waals surface area contributed by atoms with Crippen molar-refractivity contribution in [3.63, 3.8) is 0 Å². The Labute approximate surface area is 133 Å². The molecule has 1 aliphatic heterocycles. The van der Waals surface area contributed by atoms with Crippen molar-refractivity contribution in [2.45, 2.75) is 19.4 Å². The summed E-state index contributed by atoms with van der Waals surface area (Å²) in [6, 6.07) is 13.9. The number of para-hydroxylation sites is 1. The van der Waals surface area contributed by atoms with Crippen molar-refractivity contribution < 1.29 is 9.59 Å². The van der Waals surface area contributed by atoms with Crippen LogP contribution in [0.2, 0.25) is 5.02 Å². The number of carbonyl (C=O) groups is 2. The molecule has 0 aromatic heterocycles. The summed E-state index contributed by atoms with van der Waals surface area (Å²) in [4.78, 5) is 26.1. The zero-order valence-corrected chi connectivity index (χ0v) is 12.8. The molecule has 1 heterocycles. The third-order valence-electron chi connectivity index (χ3n) is 3.69. The summed E-state index contributed by atoms with van der Waals surface area (Å²) < 4.78 is 0. The van der Waals surface area contributed by atoms with Crippen LogP contribution in [0.15, 0.2) is 48.5 Å². The first kappa shape index (κ1) is 14.6. The van der Waals surface area contributed by atoms with Gasteiger partial charge in [0, 0.05) is 10.7 Å². The molecule has 0 aliphatic carbocycles. The Morgan fingerprint density at radius 2 is 1.77 bits per heavy atom.